The van der Waals surface area contributed by atoms with E-state index in [1.54, 1.807) is 6.08 Å². The van der Waals surface area contributed by atoms with Gasteiger partial charge in [0.2, 0.25) is 0 Å². The first-order valence-electron chi connectivity index (χ1n) is 6.23. The highest BCUT2D eigenvalue weighted by Gasteiger charge is 2.27. The van der Waals surface area contributed by atoms with Crippen LogP contribution in [-0.2, 0) is 20.2 Å². The minimum Gasteiger partial charge on any atom is -0.286 e. The average Bonchev–Trinajstić information content (AvgIpc) is 2.23. The molecule has 0 saturated carbocycles. The molecule has 1 atom stereocenters. The Morgan fingerprint density at radius 1 is 1.00 bits per heavy atom. The van der Waals surface area contributed by atoms with Gasteiger partial charge in [-0.1, -0.05) is 38.3 Å². The molecule has 0 heterocycles. The van der Waals surface area contributed by atoms with E-state index in [2.05, 4.69) is 6.92 Å². The molecule has 0 aliphatic rings. The van der Waals surface area contributed by atoms with Crippen molar-refractivity contribution in [1.82, 2.24) is 0 Å². The third-order valence-electron chi connectivity index (χ3n) is 2.61. The van der Waals surface area contributed by atoms with Crippen molar-refractivity contribution < 1.29 is 25.9 Å². The van der Waals surface area contributed by atoms with Gasteiger partial charge in [-0.05, 0) is 19.3 Å². The Morgan fingerprint density at radius 3 is 2.11 bits per heavy atom. The highest BCUT2D eigenvalue weighted by atomic mass is 32.2. The van der Waals surface area contributed by atoms with E-state index in [1.807, 2.05) is 0 Å². The Balaban J connectivity index is 4.25. The van der Waals surface area contributed by atoms with E-state index in [0.717, 1.165) is 32.1 Å². The minimum atomic E-state index is -4.49. The van der Waals surface area contributed by atoms with E-state index < -0.39 is 31.2 Å². The number of hydrogen-bond acceptors (Lipinski definition) is 4. The zero-order chi connectivity index (χ0) is 14.9. The SMILES string of the molecule is CCCCCCC=CCC(CS(=O)(=O)O)S(=O)(=O)O. The zero-order valence-corrected chi connectivity index (χ0v) is 12.7. The van der Waals surface area contributed by atoms with Crippen LogP contribution in [0, 0.1) is 0 Å². The van der Waals surface area contributed by atoms with E-state index in [1.165, 1.54) is 6.08 Å². The van der Waals surface area contributed by atoms with E-state index in [4.69, 9.17) is 9.11 Å². The Labute approximate surface area is 115 Å². The van der Waals surface area contributed by atoms with Gasteiger partial charge in [0.25, 0.3) is 20.2 Å². The standard InChI is InChI=1S/C11H22O6S2/c1-2-3-4-5-6-7-8-9-11(19(15,16)17)10-18(12,13)14/h7-8,11H,2-6,9-10H2,1H3,(H,12,13,14)(H,15,16,17). The molecule has 2 N–H and O–H groups in total. The molecule has 0 saturated heterocycles. The Kier molecular flexibility index (Phi) is 8.47. The summed E-state index contributed by atoms with van der Waals surface area (Å²) >= 11 is 0. The van der Waals surface area contributed by atoms with Crippen LogP contribution in [0.3, 0.4) is 0 Å². The van der Waals surface area contributed by atoms with Crippen molar-refractivity contribution in [1.29, 1.82) is 0 Å². The fourth-order valence-corrected chi connectivity index (χ4v) is 3.73. The highest BCUT2D eigenvalue weighted by molar-refractivity contribution is 7.90. The van der Waals surface area contributed by atoms with Gasteiger partial charge in [0, 0.05) is 0 Å². The van der Waals surface area contributed by atoms with Gasteiger partial charge in [0.15, 0.2) is 0 Å². The Hall–Kier alpha value is -0.440. The van der Waals surface area contributed by atoms with Crippen LogP contribution in [0.15, 0.2) is 12.2 Å². The van der Waals surface area contributed by atoms with Crippen molar-refractivity contribution in [3.05, 3.63) is 12.2 Å². The van der Waals surface area contributed by atoms with Crippen LogP contribution in [0.4, 0.5) is 0 Å². The number of allylic oxidation sites excluding steroid dienone is 2. The quantitative estimate of drug-likeness (QED) is 0.363. The fraction of sp³-hybridized carbons (Fsp3) is 0.818. The van der Waals surface area contributed by atoms with Crippen LogP contribution in [0.5, 0.6) is 0 Å². The predicted molar refractivity (Wildman–Crippen MR) is 74.3 cm³/mol. The molecule has 0 aliphatic heterocycles. The van der Waals surface area contributed by atoms with Gasteiger partial charge in [-0.2, -0.15) is 16.8 Å². The topological polar surface area (TPSA) is 109 Å². The largest absolute Gasteiger partial charge is 0.286 e. The molecule has 0 amide bonds. The average molecular weight is 314 g/mol. The lowest BCUT2D eigenvalue weighted by Crippen LogP contribution is -2.28. The van der Waals surface area contributed by atoms with Gasteiger partial charge in [-0.25, -0.2) is 0 Å². The molecule has 0 radical (unpaired) electrons. The first-order valence-corrected chi connectivity index (χ1v) is 9.34. The molecular weight excluding hydrogens is 292 g/mol. The smallest absolute Gasteiger partial charge is 0.269 e. The van der Waals surface area contributed by atoms with Gasteiger partial charge in [0.1, 0.15) is 5.25 Å². The number of hydrogen-bond donors (Lipinski definition) is 2. The second-order valence-corrected chi connectivity index (χ2v) is 7.64. The van der Waals surface area contributed by atoms with Gasteiger partial charge in [0.05, 0.1) is 5.75 Å². The summed E-state index contributed by atoms with van der Waals surface area (Å²) in [5.41, 5.74) is 0. The lowest BCUT2D eigenvalue weighted by atomic mass is 10.1. The summed E-state index contributed by atoms with van der Waals surface area (Å²) in [6.45, 7) is 2.10. The van der Waals surface area contributed by atoms with Crippen molar-refractivity contribution in [3.8, 4) is 0 Å². The minimum absolute atomic E-state index is 0.133. The summed E-state index contributed by atoms with van der Waals surface area (Å²) in [5.74, 6) is -0.994. The van der Waals surface area contributed by atoms with Crippen LogP contribution in [0.2, 0.25) is 0 Å². The lowest BCUT2D eigenvalue weighted by Gasteiger charge is -2.09. The maximum absolute atomic E-state index is 11.0. The summed E-state index contributed by atoms with van der Waals surface area (Å²) in [7, 11) is -8.92. The molecule has 1 unspecified atom stereocenters. The van der Waals surface area contributed by atoms with Gasteiger partial charge < -0.3 is 0 Å². The third kappa shape index (κ3) is 11.1. The Bertz CT molecular complexity index is 463. The molecule has 0 aromatic heterocycles. The van der Waals surface area contributed by atoms with E-state index in [-0.39, 0.29) is 6.42 Å². The number of unbranched alkanes of at least 4 members (excludes halogenated alkanes) is 4. The maximum atomic E-state index is 11.0. The van der Waals surface area contributed by atoms with Crippen LogP contribution < -0.4 is 0 Å². The molecule has 114 valence electrons. The maximum Gasteiger partial charge on any atom is 0.269 e. The van der Waals surface area contributed by atoms with E-state index >= 15 is 0 Å². The van der Waals surface area contributed by atoms with Crippen LogP contribution >= 0.6 is 0 Å². The first-order chi connectivity index (χ1) is 8.67. The van der Waals surface area contributed by atoms with E-state index in [9.17, 15) is 16.8 Å². The molecule has 0 aliphatic carbocycles. The molecule has 19 heavy (non-hydrogen) atoms. The second kappa shape index (κ2) is 8.68. The van der Waals surface area contributed by atoms with Crippen LogP contribution in [-0.4, -0.2) is 36.9 Å². The van der Waals surface area contributed by atoms with Gasteiger partial charge in [-0.15, -0.1) is 0 Å². The summed E-state index contributed by atoms with van der Waals surface area (Å²) in [4.78, 5) is 0. The molecule has 0 spiro atoms. The van der Waals surface area contributed by atoms with Crippen LogP contribution in [0.1, 0.15) is 45.4 Å². The summed E-state index contributed by atoms with van der Waals surface area (Å²) in [6.07, 6.45) is 8.28. The highest BCUT2D eigenvalue weighted by Crippen LogP contribution is 2.10. The van der Waals surface area contributed by atoms with Crippen molar-refractivity contribution >= 4 is 20.2 Å². The normalized spacial score (nSPS) is 14.9. The number of rotatable bonds is 10. The zero-order valence-electron chi connectivity index (χ0n) is 11.0. The Morgan fingerprint density at radius 2 is 1.63 bits per heavy atom. The molecular formula is C11H22O6S2. The van der Waals surface area contributed by atoms with Crippen molar-refractivity contribution in [3.63, 3.8) is 0 Å². The van der Waals surface area contributed by atoms with E-state index in [0.29, 0.717) is 0 Å². The molecule has 0 fully saturated rings. The molecule has 6 nitrogen and oxygen atoms in total. The summed E-state index contributed by atoms with van der Waals surface area (Å²) in [5, 5.41) is -1.52. The van der Waals surface area contributed by atoms with Crippen LogP contribution in [0.25, 0.3) is 0 Å². The molecule has 8 heteroatoms. The third-order valence-corrected chi connectivity index (χ3v) is 4.84. The van der Waals surface area contributed by atoms with Crippen molar-refractivity contribution in [2.45, 2.75) is 50.7 Å². The predicted octanol–water partition coefficient (Wildman–Crippen LogP) is 2.05. The monoisotopic (exact) mass is 314 g/mol. The van der Waals surface area contributed by atoms with Gasteiger partial charge in [-0.3, -0.25) is 9.11 Å². The lowest BCUT2D eigenvalue weighted by molar-refractivity contribution is 0.457. The summed E-state index contributed by atoms with van der Waals surface area (Å²) < 4.78 is 60.7. The van der Waals surface area contributed by atoms with Gasteiger partial charge >= 0.3 is 0 Å². The van der Waals surface area contributed by atoms with Crippen molar-refractivity contribution in [2.75, 3.05) is 5.75 Å². The molecule has 0 aromatic rings. The molecule has 0 rings (SSSR count). The molecule has 0 bridgehead atoms. The summed E-state index contributed by atoms with van der Waals surface area (Å²) in [6, 6.07) is 0. The second-order valence-electron chi connectivity index (χ2n) is 4.44. The first kappa shape index (κ1) is 18.6. The van der Waals surface area contributed by atoms with Crippen molar-refractivity contribution in [2.24, 2.45) is 0 Å². The molecule has 0 aromatic carbocycles. The fourth-order valence-electron chi connectivity index (χ4n) is 1.57.